The summed E-state index contributed by atoms with van der Waals surface area (Å²) in [5, 5.41) is 5.90. The van der Waals surface area contributed by atoms with E-state index in [9.17, 15) is 9.59 Å². The molecule has 0 spiro atoms. The van der Waals surface area contributed by atoms with E-state index in [1.54, 1.807) is 19.2 Å². The average molecular weight is 535 g/mol. The van der Waals surface area contributed by atoms with Gasteiger partial charge in [0.15, 0.2) is 5.96 Å². The molecule has 4 N–H and O–H groups in total. The van der Waals surface area contributed by atoms with Gasteiger partial charge in [0.05, 0.1) is 6.54 Å². The van der Waals surface area contributed by atoms with Crippen LogP contribution in [0.3, 0.4) is 0 Å². The van der Waals surface area contributed by atoms with Crippen molar-refractivity contribution < 1.29 is 9.59 Å². The number of rotatable bonds is 7. The highest BCUT2D eigenvalue weighted by Crippen LogP contribution is 2.21. The van der Waals surface area contributed by atoms with Crippen LogP contribution < -0.4 is 16.4 Å². The Morgan fingerprint density at radius 2 is 1.77 bits per heavy atom. The number of nitrogens with two attached hydrogens (primary N) is 1. The van der Waals surface area contributed by atoms with Gasteiger partial charge < -0.3 is 21.3 Å². The quantitative estimate of drug-likeness (QED) is 0.288. The smallest absolute Gasteiger partial charge is 0.251 e. The van der Waals surface area contributed by atoms with Gasteiger partial charge in [0.2, 0.25) is 5.91 Å². The Kier molecular flexibility index (Phi) is 9.77. The standard InChI is InChI=1S/C23H29N5O2.HI/c1-25-23(28-12-11-19(16-28)13-17-5-3-2-4-6-17)27-14-18-7-9-20(10-8-18)22(30)26-15-21(24)29;/h2-10,19H,11-16H2,1H3,(H2,24,29)(H,25,27)(H,26,30);1H. The van der Waals surface area contributed by atoms with Crippen molar-refractivity contribution in [2.45, 2.75) is 19.4 Å². The summed E-state index contributed by atoms with van der Waals surface area (Å²) >= 11 is 0. The highest BCUT2D eigenvalue weighted by Gasteiger charge is 2.24. The summed E-state index contributed by atoms with van der Waals surface area (Å²) < 4.78 is 0. The molecule has 0 bridgehead atoms. The predicted molar refractivity (Wildman–Crippen MR) is 133 cm³/mol. The van der Waals surface area contributed by atoms with Crippen LogP contribution in [0.2, 0.25) is 0 Å². The summed E-state index contributed by atoms with van der Waals surface area (Å²) in [6, 6.07) is 17.9. The van der Waals surface area contributed by atoms with Crippen LogP contribution in [0.25, 0.3) is 0 Å². The summed E-state index contributed by atoms with van der Waals surface area (Å²) in [6.07, 6.45) is 2.25. The van der Waals surface area contributed by atoms with Crippen LogP contribution in [-0.2, 0) is 17.8 Å². The second kappa shape index (κ2) is 12.3. The van der Waals surface area contributed by atoms with Gasteiger partial charge in [0, 0.05) is 32.2 Å². The topological polar surface area (TPSA) is 99.8 Å². The molecule has 7 nitrogen and oxygen atoms in total. The molecule has 31 heavy (non-hydrogen) atoms. The SMILES string of the molecule is CN=C(NCc1ccc(C(=O)NCC(N)=O)cc1)N1CCC(Cc2ccccc2)C1.I. The summed E-state index contributed by atoms with van der Waals surface area (Å²) in [5.74, 6) is 0.645. The van der Waals surface area contributed by atoms with Gasteiger partial charge in [-0.1, -0.05) is 42.5 Å². The predicted octanol–water partition coefficient (Wildman–Crippen LogP) is 2.16. The van der Waals surface area contributed by atoms with E-state index in [1.807, 2.05) is 12.1 Å². The number of nitrogens with zero attached hydrogens (tertiary/aromatic N) is 2. The first-order valence-electron chi connectivity index (χ1n) is 10.2. The molecule has 0 saturated carbocycles. The van der Waals surface area contributed by atoms with Crippen molar-refractivity contribution in [3.63, 3.8) is 0 Å². The van der Waals surface area contributed by atoms with E-state index in [0.717, 1.165) is 37.5 Å². The van der Waals surface area contributed by atoms with E-state index in [1.165, 1.54) is 5.56 Å². The molecule has 3 rings (SSSR count). The zero-order valence-electron chi connectivity index (χ0n) is 17.7. The molecule has 1 atom stereocenters. The second-order valence-corrected chi connectivity index (χ2v) is 7.54. The molecule has 1 heterocycles. The number of aliphatic imine (C=N–C) groups is 1. The van der Waals surface area contributed by atoms with Gasteiger partial charge in [0.1, 0.15) is 0 Å². The van der Waals surface area contributed by atoms with E-state index >= 15 is 0 Å². The Hall–Kier alpha value is -2.62. The maximum Gasteiger partial charge on any atom is 0.251 e. The minimum absolute atomic E-state index is 0. The summed E-state index contributed by atoms with van der Waals surface area (Å²) in [6.45, 7) is 2.44. The number of hydrogen-bond acceptors (Lipinski definition) is 3. The first-order valence-corrected chi connectivity index (χ1v) is 10.2. The van der Waals surface area contributed by atoms with Crippen molar-refractivity contribution in [1.82, 2.24) is 15.5 Å². The van der Waals surface area contributed by atoms with Crippen LogP contribution in [0.1, 0.15) is 27.9 Å². The third kappa shape index (κ3) is 7.54. The number of hydrogen-bond donors (Lipinski definition) is 3. The molecule has 2 aromatic carbocycles. The number of guanidine groups is 1. The number of likely N-dealkylation sites (tertiary alicyclic amines) is 1. The molecule has 1 aliphatic heterocycles. The van der Waals surface area contributed by atoms with Crippen molar-refractivity contribution in [2.75, 3.05) is 26.7 Å². The average Bonchev–Trinajstić information content (AvgIpc) is 3.22. The Morgan fingerprint density at radius 1 is 1.06 bits per heavy atom. The number of halogens is 1. The zero-order valence-corrected chi connectivity index (χ0v) is 20.0. The normalized spacial score (nSPS) is 15.8. The maximum absolute atomic E-state index is 11.9. The Bertz CT molecular complexity index is 887. The molecule has 0 aromatic heterocycles. The van der Waals surface area contributed by atoms with E-state index < -0.39 is 5.91 Å². The second-order valence-electron chi connectivity index (χ2n) is 7.54. The number of carbonyl (C=O) groups excluding carboxylic acids is 2. The molecular formula is C23H30IN5O2. The van der Waals surface area contributed by atoms with E-state index in [-0.39, 0.29) is 36.4 Å². The van der Waals surface area contributed by atoms with Crippen molar-refractivity contribution in [2.24, 2.45) is 16.6 Å². The molecule has 1 aliphatic rings. The summed E-state index contributed by atoms with van der Waals surface area (Å²) in [7, 11) is 1.80. The van der Waals surface area contributed by atoms with Crippen molar-refractivity contribution in [3.8, 4) is 0 Å². The number of primary amides is 1. The first kappa shape index (κ1) is 24.6. The van der Waals surface area contributed by atoms with Gasteiger partial charge >= 0.3 is 0 Å². The van der Waals surface area contributed by atoms with E-state index in [2.05, 4.69) is 50.9 Å². The first-order chi connectivity index (χ1) is 14.5. The van der Waals surface area contributed by atoms with Gasteiger partial charge in [-0.2, -0.15) is 0 Å². The number of benzene rings is 2. The Labute approximate surface area is 200 Å². The number of carbonyl (C=O) groups is 2. The Morgan fingerprint density at radius 3 is 2.42 bits per heavy atom. The van der Waals surface area contributed by atoms with E-state index in [4.69, 9.17) is 5.73 Å². The lowest BCUT2D eigenvalue weighted by Gasteiger charge is -2.22. The van der Waals surface area contributed by atoms with Gasteiger partial charge in [-0.3, -0.25) is 14.6 Å². The van der Waals surface area contributed by atoms with Crippen LogP contribution in [0, 0.1) is 5.92 Å². The van der Waals surface area contributed by atoms with Crippen molar-refractivity contribution >= 4 is 41.8 Å². The Balaban J connectivity index is 0.00000341. The number of nitrogens with one attached hydrogen (secondary N) is 2. The monoisotopic (exact) mass is 535 g/mol. The molecule has 1 fully saturated rings. The molecule has 2 aromatic rings. The van der Waals surface area contributed by atoms with Crippen LogP contribution in [0.15, 0.2) is 59.6 Å². The lowest BCUT2D eigenvalue weighted by molar-refractivity contribution is -0.117. The molecule has 1 saturated heterocycles. The van der Waals surface area contributed by atoms with Gasteiger partial charge in [-0.15, -0.1) is 24.0 Å². The van der Waals surface area contributed by atoms with Crippen LogP contribution in [0.5, 0.6) is 0 Å². The fourth-order valence-electron chi connectivity index (χ4n) is 3.70. The lowest BCUT2D eigenvalue weighted by atomic mass is 9.99. The third-order valence-corrected chi connectivity index (χ3v) is 5.25. The van der Waals surface area contributed by atoms with Crippen LogP contribution >= 0.6 is 24.0 Å². The molecular weight excluding hydrogens is 505 g/mol. The minimum atomic E-state index is -0.566. The summed E-state index contributed by atoms with van der Waals surface area (Å²) in [5.41, 5.74) is 7.96. The van der Waals surface area contributed by atoms with Crippen molar-refractivity contribution in [3.05, 3.63) is 71.3 Å². The minimum Gasteiger partial charge on any atom is -0.368 e. The number of amides is 2. The van der Waals surface area contributed by atoms with Gasteiger partial charge in [-0.05, 0) is 42.0 Å². The molecule has 166 valence electrons. The van der Waals surface area contributed by atoms with E-state index in [0.29, 0.717) is 18.0 Å². The molecule has 0 aliphatic carbocycles. The molecule has 2 amide bonds. The maximum atomic E-state index is 11.9. The highest BCUT2D eigenvalue weighted by atomic mass is 127. The zero-order chi connectivity index (χ0) is 21.3. The van der Waals surface area contributed by atoms with Crippen LogP contribution in [-0.4, -0.2) is 49.4 Å². The molecule has 1 unspecified atom stereocenters. The lowest BCUT2D eigenvalue weighted by Crippen LogP contribution is -2.39. The fraction of sp³-hybridized carbons (Fsp3) is 0.348. The fourth-order valence-corrected chi connectivity index (χ4v) is 3.70. The van der Waals surface area contributed by atoms with Crippen molar-refractivity contribution in [1.29, 1.82) is 0 Å². The van der Waals surface area contributed by atoms with Gasteiger partial charge in [0.25, 0.3) is 5.91 Å². The summed E-state index contributed by atoms with van der Waals surface area (Å²) in [4.78, 5) is 29.5. The highest BCUT2D eigenvalue weighted by molar-refractivity contribution is 14.0. The molecule has 8 heteroatoms. The molecule has 0 radical (unpaired) electrons. The van der Waals surface area contributed by atoms with Crippen LogP contribution in [0.4, 0.5) is 0 Å². The third-order valence-electron chi connectivity index (χ3n) is 5.25. The van der Waals surface area contributed by atoms with Gasteiger partial charge in [-0.25, -0.2) is 0 Å². The largest absolute Gasteiger partial charge is 0.368 e.